The standard InChI is InChI=1S/C22H22N4O3S.ClH/c23-12-14-2-1-3-17(10-14)25-18-13-24-21(20-16-5-4-15(11-16)19(18)20)22(27)26-6-8-30(28,29)9-7-26;/h1-3,10,13,15-16,25H,4-9,11H2;1H. The highest BCUT2D eigenvalue weighted by atomic mass is 35.5. The number of sulfone groups is 1. The predicted octanol–water partition coefficient (Wildman–Crippen LogP) is 3.35. The van der Waals surface area contributed by atoms with Crippen LogP contribution in [0.15, 0.2) is 30.5 Å². The molecule has 2 bridgehead atoms. The molecule has 7 nitrogen and oxygen atoms in total. The molecule has 1 N–H and O–H groups in total. The van der Waals surface area contributed by atoms with Gasteiger partial charge in [-0.1, -0.05) is 6.07 Å². The number of hydrogen-bond donors (Lipinski definition) is 1. The first-order chi connectivity index (χ1) is 14.4. The van der Waals surface area contributed by atoms with Crippen LogP contribution in [0.1, 0.15) is 58.3 Å². The van der Waals surface area contributed by atoms with E-state index in [4.69, 9.17) is 5.26 Å². The Balaban J connectivity index is 0.00000231. The molecule has 1 amide bonds. The molecule has 2 aromatic rings. The number of hydrogen-bond acceptors (Lipinski definition) is 6. The summed E-state index contributed by atoms with van der Waals surface area (Å²) in [4.78, 5) is 19.4. The molecule has 0 spiro atoms. The molecule has 1 saturated carbocycles. The molecule has 2 fully saturated rings. The second-order valence-electron chi connectivity index (χ2n) is 8.32. The number of amides is 1. The van der Waals surface area contributed by atoms with Gasteiger partial charge in [-0.2, -0.15) is 5.26 Å². The van der Waals surface area contributed by atoms with Crippen LogP contribution >= 0.6 is 12.4 Å². The van der Waals surface area contributed by atoms with E-state index in [1.807, 2.05) is 12.1 Å². The summed E-state index contributed by atoms with van der Waals surface area (Å²) in [6.45, 7) is 0.458. The molecule has 2 atom stereocenters. The maximum Gasteiger partial charge on any atom is 0.272 e. The zero-order valence-electron chi connectivity index (χ0n) is 16.9. The van der Waals surface area contributed by atoms with Crippen molar-refractivity contribution in [2.45, 2.75) is 31.1 Å². The normalized spacial score (nSPS) is 22.9. The summed E-state index contributed by atoms with van der Waals surface area (Å²) in [5, 5.41) is 12.6. The van der Waals surface area contributed by atoms with E-state index in [1.54, 1.807) is 23.2 Å². The number of pyridine rings is 1. The van der Waals surface area contributed by atoms with Crippen LogP contribution in [0.3, 0.4) is 0 Å². The highest BCUT2D eigenvalue weighted by Crippen LogP contribution is 2.56. The third-order valence-electron chi connectivity index (χ3n) is 6.51. The monoisotopic (exact) mass is 458 g/mol. The van der Waals surface area contributed by atoms with Gasteiger partial charge in [-0.3, -0.25) is 4.79 Å². The van der Waals surface area contributed by atoms with Crippen molar-refractivity contribution >= 4 is 39.5 Å². The van der Waals surface area contributed by atoms with E-state index in [-0.39, 0.29) is 42.9 Å². The largest absolute Gasteiger partial charge is 0.354 e. The van der Waals surface area contributed by atoms with E-state index >= 15 is 0 Å². The van der Waals surface area contributed by atoms with Gasteiger partial charge < -0.3 is 10.2 Å². The first-order valence-electron chi connectivity index (χ1n) is 10.2. The van der Waals surface area contributed by atoms with Crippen molar-refractivity contribution in [3.05, 3.63) is 52.8 Å². The molecule has 0 radical (unpaired) electrons. The van der Waals surface area contributed by atoms with E-state index in [0.717, 1.165) is 41.8 Å². The summed E-state index contributed by atoms with van der Waals surface area (Å²) in [5.74, 6) is 0.607. The number of fused-ring (bicyclic) bond motifs is 5. The van der Waals surface area contributed by atoms with E-state index in [2.05, 4.69) is 16.4 Å². The summed E-state index contributed by atoms with van der Waals surface area (Å²) < 4.78 is 23.5. The number of benzene rings is 1. The maximum atomic E-state index is 13.2. The minimum absolute atomic E-state index is 0. The molecule has 31 heavy (non-hydrogen) atoms. The second kappa shape index (κ2) is 8.13. The molecule has 5 rings (SSSR count). The minimum Gasteiger partial charge on any atom is -0.354 e. The maximum absolute atomic E-state index is 13.2. The molecule has 1 aromatic carbocycles. The van der Waals surface area contributed by atoms with Crippen molar-refractivity contribution in [2.24, 2.45) is 0 Å². The Labute approximate surface area is 187 Å². The number of halogens is 1. The van der Waals surface area contributed by atoms with Crippen LogP contribution in [-0.4, -0.2) is 48.8 Å². The van der Waals surface area contributed by atoms with Gasteiger partial charge >= 0.3 is 0 Å². The van der Waals surface area contributed by atoms with Gasteiger partial charge in [-0.05, 0) is 60.4 Å². The number of anilines is 2. The smallest absolute Gasteiger partial charge is 0.272 e. The van der Waals surface area contributed by atoms with E-state index in [9.17, 15) is 13.2 Å². The topological polar surface area (TPSA) is 103 Å². The van der Waals surface area contributed by atoms with Gasteiger partial charge in [-0.15, -0.1) is 12.4 Å². The van der Waals surface area contributed by atoms with Gasteiger partial charge in [0.1, 0.15) is 5.69 Å². The molecule has 9 heteroatoms. The SMILES string of the molecule is Cl.N#Cc1cccc(Nc2cnc(C(=O)N3CCS(=O)(=O)CC3)c3c2C2CCC3C2)c1. The lowest BCUT2D eigenvalue weighted by Crippen LogP contribution is -2.44. The van der Waals surface area contributed by atoms with Crippen LogP contribution < -0.4 is 5.32 Å². The van der Waals surface area contributed by atoms with Gasteiger partial charge in [0.15, 0.2) is 9.84 Å². The predicted molar refractivity (Wildman–Crippen MR) is 120 cm³/mol. The van der Waals surface area contributed by atoms with Gasteiger partial charge in [0, 0.05) is 18.8 Å². The van der Waals surface area contributed by atoms with Crippen LogP contribution in [0.25, 0.3) is 0 Å². The number of aromatic nitrogens is 1. The lowest BCUT2D eigenvalue weighted by Gasteiger charge is -2.28. The lowest BCUT2D eigenvalue weighted by molar-refractivity contribution is 0.0762. The number of rotatable bonds is 3. The summed E-state index contributed by atoms with van der Waals surface area (Å²) in [6.07, 6.45) is 4.90. The van der Waals surface area contributed by atoms with Crippen molar-refractivity contribution in [2.75, 3.05) is 29.9 Å². The van der Waals surface area contributed by atoms with Gasteiger partial charge in [0.25, 0.3) is 5.91 Å². The van der Waals surface area contributed by atoms with Crippen molar-refractivity contribution in [1.29, 1.82) is 5.26 Å². The summed E-state index contributed by atoms with van der Waals surface area (Å²) >= 11 is 0. The second-order valence-corrected chi connectivity index (χ2v) is 10.6. The summed E-state index contributed by atoms with van der Waals surface area (Å²) in [7, 11) is -3.05. The zero-order chi connectivity index (χ0) is 20.9. The quantitative estimate of drug-likeness (QED) is 0.756. The fraction of sp³-hybridized carbons (Fsp3) is 0.409. The molecule has 2 heterocycles. The zero-order valence-corrected chi connectivity index (χ0v) is 18.5. The van der Waals surface area contributed by atoms with E-state index < -0.39 is 9.84 Å². The van der Waals surface area contributed by atoms with Crippen LogP contribution in [-0.2, 0) is 9.84 Å². The Bertz CT molecular complexity index is 1180. The Morgan fingerprint density at radius 1 is 1.16 bits per heavy atom. The van der Waals surface area contributed by atoms with Crippen LogP contribution in [0.4, 0.5) is 11.4 Å². The molecular weight excluding hydrogens is 436 g/mol. The van der Waals surface area contributed by atoms with Gasteiger partial charge in [0.05, 0.1) is 35.0 Å². The summed E-state index contributed by atoms with van der Waals surface area (Å²) in [5.41, 5.74) is 4.97. The highest BCUT2D eigenvalue weighted by molar-refractivity contribution is 7.91. The Hall–Kier alpha value is -2.63. The average Bonchev–Trinajstić information content (AvgIpc) is 3.36. The number of carbonyl (C=O) groups is 1. The number of nitriles is 1. The Morgan fingerprint density at radius 3 is 2.58 bits per heavy atom. The molecule has 1 aromatic heterocycles. The Kier molecular flexibility index (Phi) is 5.67. The first kappa shape index (κ1) is 21.6. The van der Waals surface area contributed by atoms with Crippen molar-refractivity contribution in [1.82, 2.24) is 9.88 Å². The fourth-order valence-corrected chi connectivity index (χ4v) is 6.26. The van der Waals surface area contributed by atoms with Crippen molar-refractivity contribution < 1.29 is 13.2 Å². The number of nitrogens with one attached hydrogen (secondary N) is 1. The van der Waals surface area contributed by atoms with Crippen LogP contribution in [0, 0.1) is 11.3 Å². The number of carbonyl (C=O) groups excluding carboxylic acids is 1. The van der Waals surface area contributed by atoms with Crippen molar-refractivity contribution in [3.8, 4) is 6.07 Å². The van der Waals surface area contributed by atoms with Crippen LogP contribution in [0.2, 0.25) is 0 Å². The van der Waals surface area contributed by atoms with Crippen LogP contribution in [0.5, 0.6) is 0 Å². The molecule has 2 unspecified atom stereocenters. The molecule has 3 aliphatic rings. The molecule has 162 valence electrons. The third kappa shape index (κ3) is 3.88. The molecular formula is C22H23ClN4O3S. The van der Waals surface area contributed by atoms with Gasteiger partial charge in [-0.25, -0.2) is 13.4 Å². The average molecular weight is 459 g/mol. The van der Waals surface area contributed by atoms with E-state index in [0.29, 0.717) is 23.1 Å². The molecule has 2 aliphatic carbocycles. The Morgan fingerprint density at radius 2 is 1.87 bits per heavy atom. The number of nitrogens with zero attached hydrogens (tertiary/aromatic N) is 3. The van der Waals surface area contributed by atoms with Crippen molar-refractivity contribution in [3.63, 3.8) is 0 Å². The first-order valence-corrected chi connectivity index (χ1v) is 12.1. The highest BCUT2D eigenvalue weighted by Gasteiger charge is 2.42. The minimum atomic E-state index is -3.05. The lowest BCUT2D eigenvalue weighted by atomic mass is 9.89. The summed E-state index contributed by atoms with van der Waals surface area (Å²) in [6, 6.07) is 9.46. The molecule has 1 aliphatic heterocycles. The van der Waals surface area contributed by atoms with Gasteiger partial charge in [0.2, 0.25) is 0 Å². The molecule has 1 saturated heterocycles. The fourth-order valence-electron chi connectivity index (χ4n) is 5.06. The van der Waals surface area contributed by atoms with E-state index in [1.165, 1.54) is 0 Å². The third-order valence-corrected chi connectivity index (χ3v) is 8.12.